The number of nitrogens with one attached hydrogen (secondary N) is 1. The largest absolute Gasteiger partial charge is 0.483 e. The molecule has 0 aliphatic heterocycles. The molecule has 0 saturated heterocycles. The Morgan fingerprint density at radius 2 is 2.28 bits per heavy atom. The molecule has 0 unspecified atom stereocenters. The van der Waals surface area contributed by atoms with Crippen LogP contribution in [-0.4, -0.2) is 24.2 Å². The van der Waals surface area contributed by atoms with Crippen molar-refractivity contribution in [3.63, 3.8) is 0 Å². The summed E-state index contributed by atoms with van der Waals surface area (Å²) in [5.41, 5.74) is 0.573. The first-order valence-corrected chi connectivity index (χ1v) is 6.34. The quantitative estimate of drug-likeness (QED) is 0.747. The number of hydrogen-bond donors (Lipinski definition) is 2. The van der Waals surface area contributed by atoms with Crippen LogP contribution in [0.3, 0.4) is 0 Å². The number of amides is 1. The highest BCUT2D eigenvalue weighted by atomic mass is 35.5. The van der Waals surface area contributed by atoms with E-state index in [1.165, 1.54) is 0 Å². The van der Waals surface area contributed by atoms with Gasteiger partial charge in [0, 0.05) is 17.1 Å². The summed E-state index contributed by atoms with van der Waals surface area (Å²) in [5, 5.41) is 12.4. The van der Waals surface area contributed by atoms with E-state index >= 15 is 0 Å². The molecule has 0 saturated carbocycles. The molecule has 4 nitrogen and oxygen atoms in total. The van der Waals surface area contributed by atoms with Crippen LogP contribution in [0.2, 0.25) is 5.02 Å². The summed E-state index contributed by atoms with van der Waals surface area (Å²) >= 11 is 5.80. The van der Waals surface area contributed by atoms with E-state index in [1.54, 1.807) is 18.2 Å². The number of carbonyl (C=O) groups is 1. The second kappa shape index (κ2) is 7.95. The van der Waals surface area contributed by atoms with Gasteiger partial charge >= 0.3 is 0 Å². The van der Waals surface area contributed by atoms with Crippen molar-refractivity contribution in [3.05, 3.63) is 28.8 Å². The highest BCUT2D eigenvalue weighted by molar-refractivity contribution is 6.30. The van der Waals surface area contributed by atoms with E-state index in [4.69, 9.17) is 21.4 Å². The van der Waals surface area contributed by atoms with Gasteiger partial charge in [0.25, 0.3) is 5.91 Å². The Hall–Kier alpha value is -1.26. The molecule has 0 fully saturated rings. The van der Waals surface area contributed by atoms with Crippen molar-refractivity contribution < 1.29 is 14.6 Å². The van der Waals surface area contributed by atoms with Crippen molar-refractivity contribution >= 4 is 17.5 Å². The SMILES string of the molecule is CCCCNC(=O)COc1ccc(Cl)cc1CO. The molecule has 100 valence electrons. The number of hydrogen-bond acceptors (Lipinski definition) is 3. The van der Waals surface area contributed by atoms with Crippen molar-refractivity contribution in [2.24, 2.45) is 0 Å². The van der Waals surface area contributed by atoms with Crippen molar-refractivity contribution in [1.29, 1.82) is 0 Å². The fourth-order valence-corrected chi connectivity index (χ4v) is 1.61. The lowest BCUT2D eigenvalue weighted by Gasteiger charge is -2.10. The van der Waals surface area contributed by atoms with Gasteiger partial charge in [0.05, 0.1) is 6.61 Å². The predicted octanol–water partition coefficient (Wildman–Crippen LogP) is 2.13. The standard InChI is InChI=1S/C13H18ClNO3/c1-2-3-6-15-13(17)9-18-12-5-4-11(14)7-10(12)8-16/h4-5,7,16H,2-3,6,8-9H2,1H3,(H,15,17). The van der Waals surface area contributed by atoms with Gasteiger partial charge in [-0.05, 0) is 24.6 Å². The Balaban J connectivity index is 2.45. The maximum Gasteiger partial charge on any atom is 0.257 e. The Kier molecular flexibility index (Phi) is 6.54. The monoisotopic (exact) mass is 271 g/mol. The molecule has 1 aromatic rings. The molecule has 0 heterocycles. The lowest BCUT2D eigenvalue weighted by Crippen LogP contribution is -2.29. The van der Waals surface area contributed by atoms with Crippen LogP contribution in [0.15, 0.2) is 18.2 Å². The summed E-state index contributed by atoms with van der Waals surface area (Å²) in [6, 6.07) is 4.92. The van der Waals surface area contributed by atoms with E-state index < -0.39 is 0 Å². The number of benzene rings is 1. The van der Waals surface area contributed by atoms with Gasteiger partial charge in [-0.15, -0.1) is 0 Å². The highest BCUT2D eigenvalue weighted by Gasteiger charge is 2.06. The molecule has 1 amide bonds. The zero-order valence-corrected chi connectivity index (χ0v) is 11.2. The second-order valence-corrected chi connectivity index (χ2v) is 4.34. The molecular weight excluding hydrogens is 254 g/mol. The Morgan fingerprint density at radius 1 is 1.50 bits per heavy atom. The average molecular weight is 272 g/mol. The Labute approximate surface area is 112 Å². The van der Waals surface area contributed by atoms with Crippen LogP contribution in [0.25, 0.3) is 0 Å². The van der Waals surface area contributed by atoms with E-state index in [2.05, 4.69) is 12.2 Å². The molecule has 1 rings (SSSR count). The number of carbonyl (C=O) groups excluding carboxylic acids is 1. The molecule has 0 atom stereocenters. The van der Waals surface area contributed by atoms with E-state index in [0.29, 0.717) is 22.9 Å². The molecule has 2 N–H and O–H groups in total. The third-order valence-electron chi connectivity index (χ3n) is 2.40. The topological polar surface area (TPSA) is 58.6 Å². The summed E-state index contributed by atoms with van der Waals surface area (Å²) < 4.78 is 5.34. The Bertz CT molecular complexity index is 396. The molecule has 0 bridgehead atoms. The van der Waals surface area contributed by atoms with Crippen LogP contribution < -0.4 is 10.1 Å². The molecular formula is C13H18ClNO3. The summed E-state index contributed by atoms with van der Waals surface area (Å²) in [4.78, 5) is 11.4. The number of unbranched alkanes of at least 4 members (excludes halogenated alkanes) is 1. The molecule has 0 radical (unpaired) electrons. The van der Waals surface area contributed by atoms with Gasteiger partial charge in [-0.2, -0.15) is 0 Å². The number of ether oxygens (including phenoxy) is 1. The van der Waals surface area contributed by atoms with E-state index in [-0.39, 0.29) is 19.1 Å². The molecule has 5 heteroatoms. The second-order valence-electron chi connectivity index (χ2n) is 3.90. The minimum Gasteiger partial charge on any atom is -0.483 e. The fraction of sp³-hybridized carbons (Fsp3) is 0.462. The van der Waals surface area contributed by atoms with Crippen LogP contribution in [0.1, 0.15) is 25.3 Å². The number of aliphatic hydroxyl groups excluding tert-OH is 1. The first-order chi connectivity index (χ1) is 8.67. The van der Waals surface area contributed by atoms with Crippen molar-refractivity contribution in [2.75, 3.05) is 13.2 Å². The minimum absolute atomic E-state index is 0.0572. The first kappa shape index (κ1) is 14.8. The number of aliphatic hydroxyl groups is 1. The van der Waals surface area contributed by atoms with Gasteiger partial charge in [-0.25, -0.2) is 0 Å². The van der Waals surface area contributed by atoms with Crippen LogP contribution in [0.4, 0.5) is 0 Å². The van der Waals surface area contributed by atoms with Crippen molar-refractivity contribution in [3.8, 4) is 5.75 Å². The highest BCUT2D eigenvalue weighted by Crippen LogP contribution is 2.22. The molecule has 0 aliphatic carbocycles. The number of halogens is 1. The smallest absolute Gasteiger partial charge is 0.257 e. The third-order valence-corrected chi connectivity index (χ3v) is 2.64. The van der Waals surface area contributed by atoms with Gasteiger partial charge in [-0.3, -0.25) is 4.79 Å². The summed E-state index contributed by atoms with van der Waals surface area (Å²) in [5.74, 6) is 0.315. The maximum atomic E-state index is 11.4. The lowest BCUT2D eigenvalue weighted by molar-refractivity contribution is -0.123. The maximum absolute atomic E-state index is 11.4. The lowest BCUT2D eigenvalue weighted by atomic mass is 10.2. The summed E-state index contributed by atoms with van der Waals surface area (Å²) in [7, 11) is 0. The predicted molar refractivity (Wildman–Crippen MR) is 70.8 cm³/mol. The molecule has 0 aromatic heterocycles. The van der Waals surface area contributed by atoms with Crippen LogP contribution >= 0.6 is 11.6 Å². The van der Waals surface area contributed by atoms with Gasteiger partial charge in [-0.1, -0.05) is 24.9 Å². The summed E-state index contributed by atoms with van der Waals surface area (Å²) in [6.45, 7) is 2.49. The summed E-state index contributed by atoms with van der Waals surface area (Å²) in [6.07, 6.45) is 1.99. The van der Waals surface area contributed by atoms with Gasteiger partial charge in [0.15, 0.2) is 6.61 Å². The van der Waals surface area contributed by atoms with Gasteiger partial charge < -0.3 is 15.2 Å². The van der Waals surface area contributed by atoms with Crippen LogP contribution in [-0.2, 0) is 11.4 Å². The van der Waals surface area contributed by atoms with E-state index in [0.717, 1.165) is 12.8 Å². The van der Waals surface area contributed by atoms with Crippen LogP contribution in [0, 0.1) is 0 Å². The number of rotatable bonds is 7. The molecule has 0 aliphatic rings. The van der Waals surface area contributed by atoms with Gasteiger partial charge in [0.2, 0.25) is 0 Å². The van der Waals surface area contributed by atoms with Gasteiger partial charge in [0.1, 0.15) is 5.75 Å². The minimum atomic E-state index is -0.173. The average Bonchev–Trinajstić information content (AvgIpc) is 2.37. The van der Waals surface area contributed by atoms with E-state index in [9.17, 15) is 4.79 Å². The van der Waals surface area contributed by atoms with Crippen molar-refractivity contribution in [2.45, 2.75) is 26.4 Å². The van der Waals surface area contributed by atoms with Crippen LogP contribution in [0.5, 0.6) is 5.75 Å². The normalized spacial score (nSPS) is 10.2. The zero-order chi connectivity index (χ0) is 13.4. The third kappa shape index (κ3) is 4.94. The first-order valence-electron chi connectivity index (χ1n) is 5.96. The fourth-order valence-electron chi connectivity index (χ4n) is 1.41. The molecule has 1 aromatic carbocycles. The zero-order valence-electron chi connectivity index (χ0n) is 10.4. The molecule has 0 spiro atoms. The van der Waals surface area contributed by atoms with E-state index in [1.807, 2.05) is 0 Å². The Morgan fingerprint density at radius 3 is 2.94 bits per heavy atom. The van der Waals surface area contributed by atoms with Crippen molar-refractivity contribution in [1.82, 2.24) is 5.32 Å². The molecule has 18 heavy (non-hydrogen) atoms.